The van der Waals surface area contributed by atoms with Crippen LogP contribution in [-0.2, 0) is 21.9 Å². The van der Waals surface area contributed by atoms with Crippen LogP contribution in [0.2, 0.25) is 0 Å². The summed E-state index contributed by atoms with van der Waals surface area (Å²) in [6, 6.07) is 19.1. The summed E-state index contributed by atoms with van der Waals surface area (Å²) in [5.74, 6) is 1.75. The number of carbonyl (C=O) groups excluding carboxylic acids is 1. The van der Waals surface area contributed by atoms with E-state index in [4.69, 9.17) is 0 Å². The second-order valence-corrected chi connectivity index (χ2v) is 7.40. The van der Waals surface area contributed by atoms with Crippen LogP contribution in [0.4, 0.5) is 0 Å². The molecule has 0 bridgehead atoms. The van der Waals surface area contributed by atoms with Crippen LogP contribution in [0.15, 0.2) is 54.6 Å². The van der Waals surface area contributed by atoms with E-state index >= 15 is 0 Å². The van der Waals surface area contributed by atoms with Crippen molar-refractivity contribution in [2.45, 2.75) is 18.8 Å². The normalized spacial score (nSPS) is 25.6. The van der Waals surface area contributed by atoms with Gasteiger partial charge in [0.15, 0.2) is 0 Å². The molecule has 0 N–H and O–H groups in total. The average Bonchev–Trinajstić information content (AvgIpc) is 3.17. The molecule has 0 saturated heterocycles. The number of aryl methyl sites for hydroxylation is 1. The third kappa shape index (κ3) is 5.41. The molecule has 3 aliphatic rings. The van der Waals surface area contributed by atoms with E-state index in [1.54, 1.807) is 0 Å². The molecule has 1 nitrogen and oxygen atoms in total. The van der Waals surface area contributed by atoms with Gasteiger partial charge in [-0.05, 0) is 75.8 Å². The number of Topliss-reactive ketones (excluding diaryl/α,β-unsaturated/α-hetero) is 1. The smallest absolute Gasteiger partial charge is 0.299 e. The molecule has 3 atom stereocenters. The van der Waals surface area contributed by atoms with E-state index in [0.29, 0.717) is 11.8 Å². The van der Waals surface area contributed by atoms with Crippen molar-refractivity contribution in [3.05, 3.63) is 135 Å². The van der Waals surface area contributed by atoms with E-state index in [9.17, 15) is 4.79 Å². The van der Waals surface area contributed by atoms with Gasteiger partial charge in [-0.1, -0.05) is 60.2 Å². The van der Waals surface area contributed by atoms with Gasteiger partial charge in [-0.15, -0.1) is 0 Å². The minimum absolute atomic E-state index is 0. The third-order valence-corrected chi connectivity index (χ3v) is 5.47. The molecule has 0 heterocycles. The van der Waals surface area contributed by atoms with Gasteiger partial charge in [0.1, 0.15) is 5.78 Å². The van der Waals surface area contributed by atoms with Gasteiger partial charge in [0, 0.05) is 23.7 Å². The maximum absolute atomic E-state index is 12.9. The average molecular weight is 420 g/mol. The Bertz CT molecular complexity index is 749. The summed E-state index contributed by atoms with van der Waals surface area (Å²) in [7, 11) is 0. The van der Waals surface area contributed by atoms with Gasteiger partial charge < -0.3 is 0 Å². The van der Waals surface area contributed by atoms with Crippen LogP contribution in [-0.4, -0.2) is 5.78 Å². The van der Waals surface area contributed by atoms with E-state index in [1.807, 2.05) is 63.9 Å². The van der Waals surface area contributed by atoms with Crippen molar-refractivity contribution < 1.29 is 21.9 Å². The van der Waals surface area contributed by atoms with Crippen molar-refractivity contribution in [3.8, 4) is 0 Å². The summed E-state index contributed by atoms with van der Waals surface area (Å²) in [5.41, 5.74) is 3.79. The van der Waals surface area contributed by atoms with Crippen LogP contribution in [0, 0.1) is 76.5 Å². The molecule has 3 saturated carbocycles. The van der Waals surface area contributed by atoms with Gasteiger partial charge in [0.2, 0.25) is 0 Å². The Kier molecular flexibility index (Phi) is 8.15. The number of hydrogen-bond acceptors (Lipinski definition) is 1. The molecule has 0 amide bonds. The monoisotopic (exact) mass is 420 g/mol. The van der Waals surface area contributed by atoms with Gasteiger partial charge >= 0.3 is 17.1 Å². The maximum Gasteiger partial charge on any atom is 2.00 e. The van der Waals surface area contributed by atoms with Crippen molar-refractivity contribution >= 4 is 5.78 Å². The fourth-order valence-corrected chi connectivity index (χ4v) is 3.98. The van der Waals surface area contributed by atoms with Crippen LogP contribution < -0.4 is 0 Å². The summed E-state index contributed by atoms with van der Waals surface area (Å²) in [4.78, 5) is 12.9. The fourth-order valence-electron chi connectivity index (χ4n) is 3.98. The molecule has 3 fully saturated rings. The molecular weight excluding hydrogens is 396 g/mol. The Balaban J connectivity index is 0.000000352. The van der Waals surface area contributed by atoms with Gasteiger partial charge in [0.25, 0.3) is 0 Å². The number of hydrogen-bond donors (Lipinski definition) is 0. The predicted octanol–water partition coefficient (Wildman–Crippen LogP) is 5.49. The van der Waals surface area contributed by atoms with Crippen molar-refractivity contribution in [2.24, 2.45) is 5.92 Å². The van der Waals surface area contributed by atoms with Crippen LogP contribution >= 0.6 is 0 Å². The quantitative estimate of drug-likeness (QED) is 0.599. The largest absolute Gasteiger partial charge is 2.00 e. The van der Waals surface area contributed by atoms with E-state index in [-0.39, 0.29) is 28.8 Å². The van der Waals surface area contributed by atoms with Crippen LogP contribution in [0.3, 0.4) is 0 Å². The summed E-state index contributed by atoms with van der Waals surface area (Å²) in [6.07, 6.45) is 17.7. The minimum Gasteiger partial charge on any atom is -0.299 e. The topological polar surface area (TPSA) is 17.1 Å². The molecule has 0 aliphatic heterocycles. The molecule has 0 spiro atoms. The second kappa shape index (κ2) is 10.6. The molecule has 5 rings (SSSR count). The first-order valence-electron chi connectivity index (χ1n) is 9.80. The number of carbonyl (C=O) groups is 1. The molecule has 2 aromatic rings. The molecule has 2 heteroatoms. The minimum atomic E-state index is 0. The van der Waals surface area contributed by atoms with E-state index in [0.717, 1.165) is 5.92 Å². The number of rotatable bonds is 4. The molecule has 29 heavy (non-hydrogen) atoms. The summed E-state index contributed by atoms with van der Waals surface area (Å²) >= 11 is 0. The Morgan fingerprint density at radius 2 is 1.14 bits per heavy atom. The Labute approximate surface area is 187 Å². The molecule has 10 radical (unpaired) electrons. The van der Waals surface area contributed by atoms with E-state index in [1.165, 1.54) is 16.7 Å². The summed E-state index contributed by atoms with van der Waals surface area (Å²) < 4.78 is 0. The zero-order valence-electron chi connectivity index (χ0n) is 16.4. The SMILES string of the molecule is Cc1ccc(C2C(C(=O)[C]3[CH][CH][CH][CH]3)C2c2ccccc2)cc1.[CH]1[CH][CH][CH][CH]1.[Fe+2]. The molecule has 3 unspecified atom stereocenters. The number of ketones is 1. The Morgan fingerprint density at radius 3 is 1.66 bits per heavy atom. The third-order valence-electron chi connectivity index (χ3n) is 5.47. The van der Waals surface area contributed by atoms with Crippen LogP contribution in [0.25, 0.3) is 0 Å². The molecule has 0 aromatic heterocycles. The maximum atomic E-state index is 12.9. The molecule has 3 aliphatic carbocycles. The molecule has 144 valence electrons. The predicted molar refractivity (Wildman–Crippen MR) is 114 cm³/mol. The van der Waals surface area contributed by atoms with Crippen molar-refractivity contribution in [1.82, 2.24) is 0 Å². The first-order chi connectivity index (χ1) is 13.8. The first kappa shape index (κ1) is 22.3. The summed E-state index contributed by atoms with van der Waals surface area (Å²) in [6.45, 7) is 2.10. The van der Waals surface area contributed by atoms with Crippen molar-refractivity contribution in [1.29, 1.82) is 0 Å². The Morgan fingerprint density at radius 1 is 0.655 bits per heavy atom. The van der Waals surface area contributed by atoms with Gasteiger partial charge in [-0.3, -0.25) is 4.79 Å². The second-order valence-electron chi connectivity index (χ2n) is 7.40. The zero-order chi connectivity index (χ0) is 19.3. The van der Waals surface area contributed by atoms with Crippen LogP contribution in [0.1, 0.15) is 28.5 Å². The van der Waals surface area contributed by atoms with Crippen molar-refractivity contribution in [2.75, 3.05) is 0 Å². The standard InChI is InChI=1S/C22H19O.C5H5.Fe/c1-15-11-13-17(14-12-15)20-19(16-7-3-2-4-8-16)21(20)22(23)18-9-5-6-10-18;1-2-4-5-3-1;/h2-14,19-21H,1H3;1-5H;/q;;+2. The van der Waals surface area contributed by atoms with Gasteiger partial charge in [-0.2, -0.15) is 0 Å². The molecule has 2 aromatic carbocycles. The summed E-state index contributed by atoms with van der Waals surface area (Å²) in [5, 5.41) is 0. The van der Waals surface area contributed by atoms with Crippen LogP contribution in [0.5, 0.6) is 0 Å². The van der Waals surface area contributed by atoms with Gasteiger partial charge in [-0.25, -0.2) is 0 Å². The van der Waals surface area contributed by atoms with Crippen molar-refractivity contribution in [3.63, 3.8) is 0 Å². The van der Waals surface area contributed by atoms with Gasteiger partial charge in [0.05, 0.1) is 0 Å². The molecular formula is C27H24FeO+2. The van der Waals surface area contributed by atoms with E-state index < -0.39 is 0 Å². The van der Waals surface area contributed by atoms with E-state index in [2.05, 4.69) is 55.5 Å². The Hall–Kier alpha value is -1.37. The zero-order valence-corrected chi connectivity index (χ0v) is 17.5. The first-order valence-corrected chi connectivity index (χ1v) is 9.80. The number of benzene rings is 2. The fraction of sp³-hybridized carbons (Fsp3) is 0.148.